The molecule has 7 heteroatoms. The molecule has 3 aliphatic heterocycles. The second-order valence-corrected chi connectivity index (χ2v) is 8.63. The predicted molar refractivity (Wildman–Crippen MR) is 118 cm³/mol. The van der Waals surface area contributed by atoms with Gasteiger partial charge in [0.05, 0.1) is 0 Å². The first-order valence-electron chi connectivity index (χ1n) is 10.9. The highest BCUT2D eigenvalue weighted by Crippen LogP contribution is 2.54. The van der Waals surface area contributed by atoms with Crippen molar-refractivity contribution in [1.82, 2.24) is 10.2 Å². The molecule has 1 N–H and O–H groups in total. The maximum atomic E-state index is 13.8. The van der Waals surface area contributed by atoms with Crippen molar-refractivity contribution in [1.29, 1.82) is 0 Å². The number of carbonyl (C=O) groups is 1. The molecule has 3 aliphatic rings. The lowest BCUT2D eigenvalue weighted by Gasteiger charge is -2.23. The second-order valence-electron chi connectivity index (χ2n) is 8.63. The van der Waals surface area contributed by atoms with Crippen molar-refractivity contribution >= 4 is 11.6 Å². The van der Waals surface area contributed by atoms with E-state index in [9.17, 15) is 4.79 Å². The van der Waals surface area contributed by atoms with Gasteiger partial charge in [0, 0.05) is 23.9 Å². The SMILES string of the molecule is CN(C)CCCNCCCN1C(=O)C2(COc3cc4c(cc32)OCO4)c2ccccc21. The summed E-state index contributed by atoms with van der Waals surface area (Å²) in [6.07, 6.45) is 2.01. The Hall–Kier alpha value is -2.77. The zero-order chi connectivity index (χ0) is 21.4. The number of nitrogens with one attached hydrogen (secondary N) is 1. The fourth-order valence-corrected chi connectivity index (χ4v) is 4.79. The maximum Gasteiger partial charge on any atom is 0.245 e. The first-order chi connectivity index (χ1) is 15.1. The van der Waals surface area contributed by atoms with Gasteiger partial charge in [-0.3, -0.25) is 4.79 Å². The predicted octanol–water partition coefficient (Wildman–Crippen LogP) is 2.37. The van der Waals surface area contributed by atoms with E-state index in [-0.39, 0.29) is 12.7 Å². The van der Waals surface area contributed by atoms with Crippen molar-refractivity contribution in [2.45, 2.75) is 18.3 Å². The fraction of sp³-hybridized carbons (Fsp3) is 0.458. The molecule has 1 atom stereocenters. The number of anilines is 1. The summed E-state index contributed by atoms with van der Waals surface area (Å²) in [5, 5.41) is 3.49. The lowest BCUT2D eigenvalue weighted by atomic mass is 9.77. The lowest BCUT2D eigenvalue weighted by molar-refractivity contribution is -0.122. The van der Waals surface area contributed by atoms with Gasteiger partial charge in [0.25, 0.3) is 0 Å². The normalized spacial score (nSPS) is 20.5. The Morgan fingerprint density at radius 2 is 1.77 bits per heavy atom. The highest BCUT2D eigenvalue weighted by Gasteiger charge is 2.57. The summed E-state index contributed by atoms with van der Waals surface area (Å²) < 4.78 is 17.1. The van der Waals surface area contributed by atoms with Crippen LogP contribution in [0.15, 0.2) is 36.4 Å². The van der Waals surface area contributed by atoms with Gasteiger partial charge in [-0.25, -0.2) is 0 Å². The van der Waals surface area contributed by atoms with Crippen molar-refractivity contribution < 1.29 is 19.0 Å². The van der Waals surface area contributed by atoms with Gasteiger partial charge in [-0.05, 0) is 64.3 Å². The third-order valence-corrected chi connectivity index (χ3v) is 6.34. The van der Waals surface area contributed by atoms with Gasteiger partial charge in [0.1, 0.15) is 17.8 Å². The third kappa shape index (κ3) is 3.32. The molecule has 164 valence electrons. The summed E-state index contributed by atoms with van der Waals surface area (Å²) in [6.45, 7) is 4.13. The summed E-state index contributed by atoms with van der Waals surface area (Å²) in [5.41, 5.74) is 2.05. The van der Waals surface area contributed by atoms with E-state index in [1.54, 1.807) is 0 Å². The van der Waals surface area contributed by atoms with Crippen molar-refractivity contribution in [3.63, 3.8) is 0 Å². The number of para-hydroxylation sites is 1. The summed E-state index contributed by atoms with van der Waals surface area (Å²) in [7, 11) is 4.18. The van der Waals surface area contributed by atoms with Crippen LogP contribution in [-0.4, -0.2) is 64.5 Å². The average molecular weight is 424 g/mol. The Balaban J connectivity index is 1.35. The number of amides is 1. The van der Waals surface area contributed by atoms with Gasteiger partial charge < -0.3 is 29.3 Å². The molecule has 1 unspecified atom stereocenters. The molecule has 0 aliphatic carbocycles. The van der Waals surface area contributed by atoms with Crippen LogP contribution in [0.5, 0.6) is 17.2 Å². The van der Waals surface area contributed by atoms with Crippen molar-refractivity contribution in [3.05, 3.63) is 47.5 Å². The Labute approximate surface area is 182 Å². The molecule has 5 rings (SSSR count). The standard InChI is InChI=1S/C24H29N3O4/c1-26(2)11-5-9-25-10-6-12-27-19-8-4-3-7-17(19)24(23(27)28)15-29-20-14-22-21(13-18(20)24)30-16-31-22/h3-4,7-8,13-14,25H,5-6,9-12,15-16H2,1-2H3. The third-order valence-electron chi connectivity index (χ3n) is 6.34. The van der Waals surface area contributed by atoms with Crippen LogP contribution in [0.1, 0.15) is 24.0 Å². The average Bonchev–Trinajstić information content (AvgIpc) is 3.43. The molecule has 2 aromatic carbocycles. The zero-order valence-corrected chi connectivity index (χ0v) is 18.1. The van der Waals surface area contributed by atoms with Gasteiger partial charge in [0.2, 0.25) is 12.7 Å². The van der Waals surface area contributed by atoms with Crippen LogP contribution < -0.4 is 24.4 Å². The zero-order valence-electron chi connectivity index (χ0n) is 18.1. The van der Waals surface area contributed by atoms with Gasteiger partial charge >= 0.3 is 0 Å². The Bertz CT molecular complexity index is 993. The van der Waals surface area contributed by atoms with Gasteiger partial charge in [-0.1, -0.05) is 18.2 Å². The van der Waals surface area contributed by atoms with Crippen molar-refractivity contribution in [2.24, 2.45) is 0 Å². The number of hydrogen-bond acceptors (Lipinski definition) is 6. The molecule has 0 bridgehead atoms. The Morgan fingerprint density at radius 1 is 1.00 bits per heavy atom. The van der Waals surface area contributed by atoms with Crippen LogP contribution in [-0.2, 0) is 10.2 Å². The van der Waals surface area contributed by atoms with E-state index in [2.05, 4.69) is 30.4 Å². The summed E-state index contributed by atoms with van der Waals surface area (Å²) >= 11 is 0. The molecule has 0 radical (unpaired) electrons. The number of nitrogens with zero attached hydrogens (tertiary/aromatic N) is 2. The van der Waals surface area contributed by atoms with Crippen LogP contribution in [0.3, 0.4) is 0 Å². The Morgan fingerprint density at radius 3 is 2.61 bits per heavy atom. The monoisotopic (exact) mass is 423 g/mol. The molecule has 1 amide bonds. The van der Waals surface area contributed by atoms with E-state index < -0.39 is 5.41 Å². The smallest absolute Gasteiger partial charge is 0.245 e. The molecule has 1 spiro atoms. The van der Waals surface area contributed by atoms with Crippen molar-refractivity contribution in [3.8, 4) is 17.2 Å². The minimum Gasteiger partial charge on any atom is -0.491 e. The van der Waals surface area contributed by atoms with Crippen LogP contribution >= 0.6 is 0 Å². The lowest BCUT2D eigenvalue weighted by Crippen LogP contribution is -2.43. The minimum atomic E-state index is -0.813. The fourth-order valence-electron chi connectivity index (χ4n) is 4.79. The topological polar surface area (TPSA) is 63.3 Å². The van der Waals surface area contributed by atoms with Crippen LogP contribution in [0.25, 0.3) is 0 Å². The van der Waals surface area contributed by atoms with Crippen LogP contribution in [0.2, 0.25) is 0 Å². The highest BCUT2D eigenvalue weighted by molar-refractivity contribution is 6.11. The molecule has 31 heavy (non-hydrogen) atoms. The van der Waals surface area contributed by atoms with Crippen LogP contribution in [0.4, 0.5) is 5.69 Å². The van der Waals surface area contributed by atoms with Crippen LogP contribution in [0, 0.1) is 0 Å². The van der Waals surface area contributed by atoms with E-state index in [1.165, 1.54) is 0 Å². The molecule has 0 saturated carbocycles. The minimum absolute atomic E-state index is 0.0823. The number of carbonyl (C=O) groups excluding carboxylic acids is 1. The number of rotatable bonds is 8. The maximum absolute atomic E-state index is 13.8. The van der Waals surface area contributed by atoms with E-state index in [1.807, 2.05) is 35.2 Å². The van der Waals surface area contributed by atoms with E-state index in [0.717, 1.165) is 49.3 Å². The quantitative estimate of drug-likeness (QED) is 0.658. The molecular formula is C24H29N3O4. The summed E-state index contributed by atoms with van der Waals surface area (Å²) in [6, 6.07) is 11.9. The van der Waals surface area contributed by atoms with E-state index in [0.29, 0.717) is 30.4 Å². The van der Waals surface area contributed by atoms with Gasteiger partial charge in [-0.15, -0.1) is 0 Å². The number of fused-ring (bicyclic) bond motifs is 5. The first kappa shape index (κ1) is 20.2. The molecule has 0 saturated heterocycles. The van der Waals surface area contributed by atoms with E-state index in [4.69, 9.17) is 14.2 Å². The molecule has 0 fully saturated rings. The number of benzene rings is 2. The molecule has 0 aromatic heterocycles. The molecule has 3 heterocycles. The van der Waals surface area contributed by atoms with Crippen molar-refractivity contribution in [2.75, 3.05) is 58.6 Å². The summed E-state index contributed by atoms with van der Waals surface area (Å²) in [5.74, 6) is 2.14. The van der Waals surface area contributed by atoms with Gasteiger partial charge in [0.15, 0.2) is 11.5 Å². The highest BCUT2D eigenvalue weighted by atomic mass is 16.7. The second kappa shape index (κ2) is 8.05. The molecule has 2 aromatic rings. The Kier molecular flexibility index (Phi) is 5.24. The number of hydrogen-bond donors (Lipinski definition) is 1. The van der Waals surface area contributed by atoms with Gasteiger partial charge in [-0.2, -0.15) is 0 Å². The number of ether oxygens (including phenoxy) is 3. The largest absolute Gasteiger partial charge is 0.491 e. The summed E-state index contributed by atoms with van der Waals surface area (Å²) in [4.78, 5) is 18.0. The molecule has 7 nitrogen and oxygen atoms in total. The first-order valence-corrected chi connectivity index (χ1v) is 10.9. The van der Waals surface area contributed by atoms with E-state index >= 15 is 0 Å². The molecular weight excluding hydrogens is 394 g/mol.